The van der Waals surface area contributed by atoms with Crippen LogP contribution in [-0.2, 0) is 6.54 Å². The Morgan fingerprint density at radius 3 is 2.53 bits per heavy atom. The van der Waals surface area contributed by atoms with E-state index in [1.165, 1.54) is 0 Å². The Morgan fingerprint density at radius 2 is 1.84 bits per heavy atom. The molecule has 0 unspecified atom stereocenters. The summed E-state index contributed by atoms with van der Waals surface area (Å²) in [6, 6.07) is 12.5. The molecule has 0 spiro atoms. The number of benzene rings is 2. The average molecular weight is 493 g/mol. The third kappa shape index (κ3) is 6.40. The molecule has 3 aromatic rings. The van der Waals surface area contributed by atoms with E-state index in [1.807, 2.05) is 22.8 Å². The van der Waals surface area contributed by atoms with Crippen LogP contribution in [0.5, 0.6) is 5.75 Å². The highest BCUT2D eigenvalue weighted by Crippen LogP contribution is 2.28. The molecule has 2 aromatic carbocycles. The maximum Gasteiger partial charge on any atom is 0.251 e. The van der Waals surface area contributed by atoms with Gasteiger partial charge < -0.3 is 10.1 Å². The predicted octanol–water partition coefficient (Wildman–Crippen LogP) is 6.19. The Balaban J connectivity index is 1.73. The Morgan fingerprint density at radius 1 is 1.06 bits per heavy atom. The average Bonchev–Trinajstić information content (AvgIpc) is 3.21. The van der Waals surface area contributed by atoms with Crippen molar-refractivity contribution in [1.82, 2.24) is 20.1 Å². The molecule has 0 aliphatic rings. The van der Waals surface area contributed by atoms with Gasteiger partial charge in [0, 0.05) is 11.3 Å². The van der Waals surface area contributed by atoms with Crippen molar-refractivity contribution in [1.29, 1.82) is 0 Å². The molecule has 0 saturated heterocycles. The second kappa shape index (κ2) is 12.1. The molecule has 9 heteroatoms. The van der Waals surface area contributed by atoms with Crippen LogP contribution >= 0.6 is 35.0 Å². The van der Waals surface area contributed by atoms with Crippen LogP contribution in [0.4, 0.5) is 0 Å². The fraction of sp³-hybridized carbons (Fsp3) is 0.348. The van der Waals surface area contributed by atoms with E-state index in [9.17, 15) is 4.79 Å². The Bertz CT molecular complexity index is 1040. The molecule has 0 bridgehead atoms. The molecule has 32 heavy (non-hydrogen) atoms. The molecule has 3 rings (SSSR count). The minimum atomic E-state index is -0.198. The second-order valence-electron chi connectivity index (χ2n) is 7.09. The Labute approximate surface area is 202 Å². The number of ether oxygens (including phenoxy) is 1. The third-order valence-corrected chi connectivity index (χ3v) is 6.46. The monoisotopic (exact) mass is 492 g/mol. The fourth-order valence-electron chi connectivity index (χ4n) is 2.88. The van der Waals surface area contributed by atoms with Crippen LogP contribution < -0.4 is 10.1 Å². The quantitative estimate of drug-likeness (QED) is 0.255. The Kier molecular flexibility index (Phi) is 9.26. The van der Waals surface area contributed by atoms with E-state index in [2.05, 4.69) is 29.4 Å². The predicted molar refractivity (Wildman–Crippen MR) is 130 cm³/mol. The van der Waals surface area contributed by atoms with E-state index in [4.69, 9.17) is 27.9 Å². The van der Waals surface area contributed by atoms with E-state index in [0.29, 0.717) is 28.0 Å². The van der Waals surface area contributed by atoms with Crippen LogP contribution in [0.2, 0.25) is 10.0 Å². The number of unbranched alkanes of at least 4 members (excludes halogenated alkanes) is 1. The summed E-state index contributed by atoms with van der Waals surface area (Å²) in [5.41, 5.74) is 1.34. The lowest BCUT2D eigenvalue weighted by Crippen LogP contribution is -2.24. The molecule has 0 atom stereocenters. The molecule has 0 aliphatic heterocycles. The minimum absolute atomic E-state index is 0.198. The van der Waals surface area contributed by atoms with Gasteiger partial charge in [-0.2, -0.15) is 0 Å². The van der Waals surface area contributed by atoms with Gasteiger partial charge in [-0.25, -0.2) is 0 Å². The van der Waals surface area contributed by atoms with Crippen molar-refractivity contribution < 1.29 is 9.53 Å². The maximum atomic E-state index is 12.7. The van der Waals surface area contributed by atoms with Crippen molar-refractivity contribution in [3.05, 3.63) is 63.9 Å². The van der Waals surface area contributed by atoms with Crippen LogP contribution in [0.15, 0.2) is 47.6 Å². The zero-order valence-corrected chi connectivity index (χ0v) is 20.4. The molecule has 0 saturated carbocycles. The number of halogens is 2. The number of hydrogen-bond donors (Lipinski definition) is 1. The summed E-state index contributed by atoms with van der Waals surface area (Å²) in [5, 5.41) is 13.2. The van der Waals surface area contributed by atoms with Crippen LogP contribution in [0.1, 0.15) is 49.3 Å². The lowest BCUT2D eigenvalue weighted by molar-refractivity contribution is 0.0949. The molecule has 0 fully saturated rings. The normalized spacial score (nSPS) is 10.9. The van der Waals surface area contributed by atoms with Gasteiger partial charge in [0.15, 0.2) is 11.0 Å². The summed E-state index contributed by atoms with van der Waals surface area (Å²) in [4.78, 5) is 12.7. The number of carbonyl (C=O) groups is 1. The molecule has 0 radical (unpaired) electrons. The largest absolute Gasteiger partial charge is 0.494 e. The van der Waals surface area contributed by atoms with Gasteiger partial charge in [0.1, 0.15) is 5.75 Å². The number of amides is 1. The van der Waals surface area contributed by atoms with Crippen LogP contribution in [0.25, 0.3) is 5.69 Å². The van der Waals surface area contributed by atoms with Gasteiger partial charge in [-0.1, -0.05) is 55.2 Å². The van der Waals surface area contributed by atoms with Crippen molar-refractivity contribution >= 4 is 40.9 Å². The highest BCUT2D eigenvalue weighted by molar-refractivity contribution is 7.99. The first kappa shape index (κ1) is 24.4. The van der Waals surface area contributed by atoms with Crippen molar-refractivity contribution in [3.8, 4) is 11.4 Å². The van der Waals surface area contributed by atoms with Crippen LogP contribution in [-0.4, -0.2) is 33.0 Å². The highest BCUT2D eigenvalue weighted by atomic mass is 35.5. The van der Waals surface area contributed by atoms with E-state index in [0.717, 1.165) is 41.6 Å². The zero-order valence-electron chi connectivity index (χ0n) is 18.1. The summed E-state index contributed by atoms with van der Waals surface area (Å²) in [7, 11) is 0. The van der Waals surface area contributed by atoms with Crippen molar-refractivity contribution in [2.75, 3.05) is 12.4 Å². The lowest BCUT2D eigenvalue weighted by atomic mass is 10.2. The van der Waals surface area contributed by atoms with Gasteiger partial charge >= 0.3 is 0 Å². The summed E-state index contributed by atoms with van der Waals surface area (Å²) in [6.07, 6.45) is 3.08. The standard InChI is InChI=1S/C23H26Cl2N4O2S/c1-3-5-12-31-18-9-6-16(7-10-18)22(30)26-15-21-27-28-23(32-13-4-2)29(21)17-8-11-19(24)20(25)14-17/h6-11,14H,3-5,12-13,15H2,1-2H3,(H,26,30). The van der Waals surface area contributed by atoms with Crippen molar-refractivity contribution in [2.45, 2.75) is 44.8 Å². The lowest BCUT2D eigenvalue weighted by Gasteiger charge is -2.12. The number of rotatable bonds is 11. The fourth-order valence-corrected chi connectivity index (χ4v) is 4.00. The van der Waals surface area contributed by atoms with Gasteiger partial charge in [-0.05, 0) is 55.3 Å². The molecule has 6 nitrogen and oxygen atoms in total. The SMILES string of the molecule is CCCCOc1ccc(C(=O)NCc2nnc(SCCC)n2-c2ccc(Cl)c(Cl)c2)cc1. The molecule has 1 aromatic heterocycles. The molecule has 1 amide bonds. The number of nitrogens with zero attached hydrogens (tertiary/aromatic N) is 3. The molecule has 170 valence electrons. The summed E-state index contributed by atoms with van der Waals surface area (Å²) >= 11 is 13.9. The third-order valence-electron chi connectivity index (χ3n) is 4.59. The van der Waals surface area contributed by atoms with E-state index in [-0.39, 0.29) is 12.5 Å². The van der Waals surface area contributed by atoms with Gasteiger partial charge in [0.05, 0.1) is 28.9 Å². The first-order valence-corrected chi connectivity index (χ1v) is 12.3. The minimum Gasteiger partial charge on any atom is -0.494 e. The Hall–Kier alpha value is -2.22. The van der Waals surface area contributed by atoms with Gasteiger partial charge in [0.2, 0.25) is 0 Å². The number of aromatic nitrogens is 3. The molecule has 0 aliphatic carbocycles. The highest BCUT2D eigenvalue weighted by Gasteiger charge is 2.16. The summed E-state index contributed by atoms with van der Waals surface area (Å²) in [6.45, 7) is 5.11. The van der Waals surface area contributed by atoms with Crippen LogP contribution in [0, 0.1) is 0 Å². The van der Waals surface area contributed by atoms with Gasteiger partial charge in [-0.3, -0.25) is 9.36 Å². The first-order valence-electron chi connectivity index (χ1n) is 10.6. The number of carbonyl (C=O) groups excluding carboxylic acids is 1. The molecular weight excluding hydrogens is 467 g/mol. The van der Waals surface area contributed by atoms with Gasteiger partial charge in [0.25, 0.3) is 5.91 Å². The van der Waals surface area contributed by atoms with E-state index in [1.54, 1.807) is 36.0 Å². The van der Waals surface area contributed by atoms with E-state index >= 15 is 0 Å². The van der Waals surface area contributed by atoms with Crippen molar-refractivity contribution in [2.24, 2.45) is 0 Å². The van der Waals surface area contributed by atoms with Gasteiger partial charge in [-0.15, -0.1) is 10.2 Å². The summed E-state index contributed by atoms with van der Waals surface area (Å²) in [5.74, 6) is 2.07. The topological polar surface area (TPSA) is 69.0 Å². The summed E-state index contributed by atoms with van der Waals surface area (Å²) < 4.78 is 7.55. The number of hydrogen-bond acceptors (Lipinski definition) is 5. The zero-order chi connectivity index (χ0) is 22.9. The maximum absolute atomic E-state index is 12.7. The van der Waals surface area contributed by atoms with Crippen LogP contribution in [0.3, 0.4) is 0 Å². The molecule has 1 N–H and O–H groups in total. The van der Waals surface area contributed by atoms with E-state index < -0.39 is 0 Å². The second-order valence-corrected chi connectivity index (χ2v) is 8.97. The number of nitrogens with one attached hydrogen (secondary N) is 1. The van der Waals surface area contributed by atoms with Crippen molar-refractivity contribution in [3.63, 3.8) is 0 Å². The number of thioether (sulfide) groups is 1. The molecular formula is C23H26Cl2N4O2S. The first-order chi connectivity index (χ1) is 15.5. The smallest absolute Gasteiger partial charge is 0.251 e. The molecule has 1 heterocycles.